The van der Waals surface area contributed by atoms with Crippen LogP contribution >= 0.6 is 0 Å². The first-order valence-electron chi connectivity index (χ1n) is 6.50. The maximum Gasteiger partial charge on any atom is 0.220 e. The topological polar surface area (TPSA) is 70.3 Å². The Morgan fingerprint density at radius 2 is 1.72 bits per heavy atom. The first kappa shape index (κ1) is 14.7. The predicted molar refractivity (Wildman–Crippen MR) is 70.8 cm³/mol. The quantitative estimate of drug-likeness (QED) is 0.768. The van der Waals surface area contributed by atoms with Crippen molar-refractivity contribution in [3.8, 4) is 11.8 Å². The van der Waals surface area contributed by atoms with Crippen LogP contribution in [0.15, 0.2) is 12.4 Å². The van der Waals surface area contributed by atoms with Gasteiger partial charge in [0.2, 0.25) is 11.8 Å². The molecular weight excluding hydrogens is 230 g/mol. The summed E-state index contributed by atoms with van der Waals surface area (Å²) in [6.45, 7) is 7.25. The zero-order valence-electron chi connectivity index (χ0n) is 11.5. The molecule has 5 heteroatoms. The third-order valence-electron chi connectivity index (χ3n) is 2.99. The van der Waals surface area contributed by atoms with Crippen LogP contribution in [0.25, 0.3) is 0 Å². The average molecular weight is 253 g/mol. The normalized spacial score (nSPS) is 11.3. The van der Waals surface area contributed by atoms with Gasteiger partial charge in [0.05, 0.1) is 12.7 Å². The number of ether oxygens (including phenoxy) is 2. The van der Waals surface area contributed by atoms with Crippen molar-refractivity contribution in [2.45, 2.75) is 45.6 Å². The highest BCUT2D eigenvalue weighted by molar-refractivity contribution is 5.18. The Morgan fingerprint density at radius 3 is 2.28 bits per heavy atom. The van der Waals surface area contributed by atoms with Gasteiger partial charge in [0, 0.05) is 5.54 Å². The van der Waals surface area contributed by atoms with Crippen LogP contribution in [0.3, 0.4) is 0 Å². The molecule has 1 rings (SSSR count). The van der Waals surface area contributed by atoms with Gasteiger partial charge in [-0.3, -0.25) is 0 Å². The first-order chi connectivity index (χ1) is 8.63. The molecule has 0 radical (unpaired) electrons. The smallest absolute Gasteiger partial charge is 0.220 e. The van der Waals surface area contributed by atoms with E-state index < -0.39 is 0 Å². The van der Waals surface area contributed by atoms with Gasteiger partial charge >= 0.3 is 0 Å². The SMILES string of the molecule is CCCOc1cc(OCC(N)(CC)CC)ncn1. The third kappa shape index (κ3) is 4.49. The lowest BCUT2D eigenvalue weighted by molar-refractivity contribution is 0.199. The molecule has 0 saturated heterocycles. The van der Waals surface area contributed by atoms with Crippen molar-refractivity contribution in [2.24, 2.45) is 5.73 Å². The molecule has 0 unspecified atom stereocenters. The van der Waals surface area contributed by atoms with E-state index in [-0.39, 0.29) is 5.54 Å². The van der Waals surface area contributed by atoms with Gasteiger partial charge in [-0.1, -0.05) is 20.8 Å². The molecule has 102 valence electrons. The molecule has 0 aromatic carbocycles. The molecule has 0 aliphatic carbocycles. The lowest BCUT2D eigenvalue weighted by Crippen LogP contribution is -2.44. The van der Waals surface area contributed by atoms with E-state index in [9.17, 15) is 0 Å². The minimum atomic E-state index is -0.296. The van der Waals surface area contributed by atoms with Crippen molar-refractivity contribution in [2.75, 3.05) is 13.2 Å². The summed E-state index contributed by atoms with van der Waals surface area (Å²) in [4.78, 5) is 8.07. The van der Waals surface area contributed by atoms with Crippen molar-refractivity contribution < 1.29 is 9.47 Å². The summed E-state index contributed by atoms with van der Waals surface area (Å²) < 4.78 is 11.0. The Balaban J connectivity index is 2.56. The highest BCUT2D eigenvalue weighted by atomic mass is 16.5. The van der Waals surface area contributed by atoms with Crippen molar-refractivity contribution in [3.05, 3.63) is 12.4 Å². The standard InChI is InChI=1S/C13H23N3O2/c1-4-7-17-11-8-12(16-10-15-11)18-9-13(14,5-2)6-3/h8,10H,4-7,9,14H2,1-3H3. The van der Waals surface area contributed by atoms with Crippen molar-refractivity contribution in [1.29, 1.82) is 0 Å². The van der Waals surface area contributed by atoms with E-state index in [1.165, 1.54) is 6.33 Å². The fraction of sp³-hybridized carbons (Fsp3) is 0.692. The molecule has 5 nitrogen and oxygen atoms in total. The maximum atomic E-state index is 6.16. The Hall–Kier alpha value is -1.36. The van der Waals surface area contributed by atoms with Gasteiger partial charge in [-0.05, 0) is 19.3 Å². The summed E-state index contributed by atoms with van der Waals surface area (Å²) in [5.41, 5.74) is 5.87. The van der Waals surface area contributed by atoms with Crippen molar-refractivity contribution in [3.63, 3.8) is 0 Å². The second-order valence-electron chi connectivity index (χ2n) is 4.40. The summed E-state index contributed by atoms with van der Waals surface area (Å²) in [7, 11) is 0. The molecule has 0 aliphatic rings. The van der Waals surface area contributed by atoms with E-state index in [0.29, 0.717) is 25.0 Å². The molecule has 0 aliphatic heterocycles. The van der Waals surface area contributed by atoms with E-state index in [1.54, 1.807) is 6.07 Å². The fourth-order valence-corrected chi connectivity index (χ4v) is 1.36. The van der Waals surface area contributed by atoms with E-state index in [2.05, 4.69) is 23.8 Å². The number of hydrogen-bond acceptors (Lipinski definition) is 5. The van der Waals surface area contributed by atoms with Crippen molar-refractivity contribution >= 4 is 0 Å². The lowest BCUT2D eigenvalue weighted by atomic mass is 9.96. The molecule has 18 heavy (non-hydrogen) atoms. The van der Waals surface area contributed by atoms with Crippen LogP contribution in [0, 0.1) is 0 Å². The first-order valence-corrected chi connectivity index (χ1v) is 6.50. The van der Waals surface area contributed by atoms with E-state index in [0.717, 1.165) is 19.3 Å². The number of hydrogen-bond donors (Lipinski definition) is 1. The van der Waals surface area contributed by atoms with Gasteiger partial charge < -0.3 is 15.2 Å². The number of nitrogens with zero attached hydrogens (tertiary/aromatic N) is 2. The Morgan fingerprint density at radius 1 is 1.11 bits per heavy atom. The van der Waals surface area contributed by atoms with Crippen LogP contribution in [0.4, 0.5) is 0 Å². The van der Waals surface area contributed by atoms with Crippen LogP contribution < -0.4 is 15.2 Å². The minimum Gasteiger partial charge on any atom is -0.478 e. The summed E-state index contributed by atoms with van der Waals surface area (Å²) >= 11 is 0. The molecule has 1 heterocycles. The second kappa shape index (κ2) is 7.16. The molecule has 0 atom stereocenters. The minimum absolute atomic E-state index is 0.296. The van der Waals surface area contributed by atoms with Gasteiger partial charge in [-0.25, -0.2) is 9.97 Å². The van der Waals surface area contributed by atoms with Gasteiger partial charge in [-0.2, -0.15) is 0 Å². The summed E-state index contributed by atoms with van der Waals surface area (Å²) in [6.07, 6.45) is 4.12. The largest absolute Gasteiger partial charge is 0.478 e. The van der Waals surface area contributed by atoms with Gasteiger partial charge in [0.15, 0.2) is 0 Å². The predicted octanol–water partition coefficient (Wildman–Crippen LogP) is 2.16. The van der Waals surface area contributed by atoms with E-state index in [4.69, 9.17) is 15.2 Å². The van der Waals surface area contributed by atoms with Crippen LogP contribution in [-0.2, 0) is 0 Å². The van der Waals surface area contributed by atoms with Crippen LogP contribution in [0.5, 0.6) is 11.8 Å². The maximum absolute atomic E-state index is 6.16. The van der Waals surface area contributed by atoms with Crippen LogP contribution in [0.1, 0.15) is 40.0 Å². The van der Waals surface area contributed by atoms with Crippen LogP contribution in [0.2, 0.25) is 0 Å². The highest BCUT2D eigenvalue weighted by Gasteiger charge is 2.21. The zero-order chi connectivity index (χ0) is 13.4. The molecule has 0 spiro atoms. The van der Waals surface area contributed by atoms with Crippen LogP contribution in [-0.4, -0.2) is 28.7 Å². The van der Waals surface area contributed by atoms with Gasteiger partial charge in [-0.15, -0.1) is 0 Å². The number of rotatable bonds is 8. The highest BCUT2D eigenvalue weighted by Crippen LogP contribution is 2.17. The third-order valence-corrected chi connectivity index (χ3v) is 2.99. The second-order valence-corrected chi connectivity index (χ2v) is 4.40. The molecular formula is C13H23N3O2. The Bertz CT molecular complexity index is 354. The number of aromatic nitrogens is 2. The Labute approximate surface area is 109 Å². The van der Waals surface area contributed by atoms with Crippen molar-refractivity contribution in [1.82, 2.24) is 9.97 Å². The monoisotopic (exact) mass is 253 g/mol. The van der Waals surface area contributed by atoms with E-state index in [1.807, 2.05) is 6.92 Å². The molecule has 0 fully saturated rings. The zero-order valence-corrected chi connectivity index (χ0v) is 11.5. The van der Waals surface area contributed by atoms with Gasteiger partial charge in [0.25, 0.3) is 0 Å². The molecule has 0 amide bonds. The number of nitrogens with two attached hydrogens (primary N) is 1. The Kier molecular flexibility index (Phi) is 5.85. The fourth-order valence-electron chi connectivity index (χ4n) is 1.36. The van der Waals surface area contributed by atoms with Gasteiger partial charge in [0.1, 0.15) is 12.9 Å². The molecule has 1 aromatic rings. The average Bonchev–Trinajstić information content (AvgIpc) is 2.43. The van der Waals surface area contributed by atoms with E-state index >= 15 is 0 Å². The summed E-state index contributed by atoms with van der Waals surface area (Å²) in [6, 6.07) is 1.70. The molecule has 0 saturated carbocycles. The lowest BCUT2D eigenvalue weighted by Gasteiger charge is -2.26. The molecule has 0 bridgehead atoms. The molecule has 2 N–H and O–H groups in total. The summed E-state index contributed by atoms with van der Waals surface area (Å²) in [5.74, 6) is 1.05. The molecule has 1 aromatic heterocycles. The summed E-state index contributed by atoms with van der Waals surface area (Å²) in [5, 5.41) is 0.